The summed E-state index contributed by atoms with van der Waals surface area (Å²) < 4.78 is 1.16. The number of halogens is 1. The van der Waals surface area contributed by atoms with E-state index in [1.54, 1.807) is 0 Å². The third kappa shape index (κ3) is 3.31. The fourth-order valence-corrected chi connectivity index (χ4v) is 2.82. The summed E-state index contributed by atoms with van der Waals surface area (Å²) in [5, 5.41) is 4.69. The van der Waals surface area contributed by atoms with E-state index in [0.29, 0.717) is 0 Å². The molecule has 0 saturated heterocycles. The third-order valence-corrected chi connectivity index (χ3v) is 4.45. The SMILES string of the molecule is Cc1ccc(CNCc2cccc3cccnc23)cc1Br. The van der Waals surface area contributed by atoms with Crippen LogP contribution in [0.5, 0.6) is 0 Å². The van der Waals surface area contributed by atoms with Crippen molar-refractivity contribution in [3.8, 4) is 0 Å². The lowest BCUT2D eigenvalue weighted by Gasteiger charge is -2.08. The van der Waals surface area contributed by atoms with Crippen molar-refractivity contribution in [2.75, 3.05) is 0 Å². The maximum absolute atomic E-state index is 4.49. The molecule has 2 nitrogen and oxygen atoms in total. The first-order valence-electron chi connectivity index (χ1n) is 7.02. The monoisotopic (exact) mass is 340 g/mol. The Balaban J connectivity index is 1.70. The number of aromatic nitrogens is 1. The number of rotatable bonds is 4. The fraction of sp³-hybridized carbons (Fsp3) is 0.167. The highest BCUT2D eigenvalue weighted by atomic mass is 79.9. The summed E-state index contributed by atoms with van der Waals surface area (Å²) in [6, 6.07) is 16.9. The lowest BCUT2D eigenvalue weighted by atomic mass is 10.1. The summed E-state index contributed by atoms with van der Waals surface area (Å²) in [6.45, 7) is 3.77. The number of nitrogens with one attached hydrogen (secondary N) is 1. The van der Waals surface area contributed by atoms with Gasteiger partial charge in [-0.2, -0.15) is 0 Å². The van der Waals surface area contributed by atoms with Gasteiger partial charge in [-0.1, -0.05) is 52.3 Å². The minimum Gasteiger partial charge on any atom is -0.309 e. The van der Waals surface area contributed by atoms with Gasteiger partial charge < -0.3 is 5.32 Å². The zero-order valence-corrected chi connectivity index (χ0v) is 13.5. The number of para-hydroxylation sites is 1. The van der Waals surface area contributed by atoms with Gasteiger partial charge in [-0.15, -0.1) is 0 Å². The molecule has 0 atom stereocenters. The second-order valence-corrected chi connectivity index (χ2v) is 6.03. The molecule has 3 rings (SSSR count). The zero-order chi connectivity index (χ0) is 14.7. The van der Waals surface area contributed by atoms with Crippen molar-refractivity contribution >= 4 is 26.8 Å². The normalized spacial score (nSPS) is 11.0. The van der Waals surface area contributed by atoms with Gasteiger partial charge in [-0.05, 0) is 35.7 Å². The van der Waals surface area contributed by atoms with Crippen molar-refractivity contribution < 1.29 is 0 Å². The van der Waals surface area contributed by atoms with Crippen molar-refractivity contribution in [1.29, 1.82) is 0 Å². The van der Waals surface area contributed by atoms with E-state index in [-0.39, 0.29) is 0 Å². The number of fused-ring (bicyclic) bond motifs is 1. The highest BCUT2D eigenvalue weighted by molar-refractivity contribution is 9.10. The molecule has 0 aliphatic rings. The lowest BCUT2D eigenvalue weighted by Crippen LogP contribution is -2.13. The molecule has 0 unspecified atom stereocenters. The van der Waals surface area contributed by atoms with Crippen molar-refractivity contribution in [2.45, 2.75) is 20.0 Å². The smallest absolute Gasteiger partial charge is 0.0746 e. The van der Waals surface area contributed by atoms with E-state index in [4.69, 9.17) is 0 Å². The number of aryl methyl sites for hydroxylation is 1. The van der Waals surface area contributed by atoms with Gasteiger partial charge in [0.1, 0.15) is 0 Å². The maximum atomic E-state index is 4.49. The molecular formula is C18H17BrN2. The predicted octanol–water partition coefficient (Wildman–Crippen LogP) is 4.60. The molecule has 1 heterocycles. The topological polar surface area (TPSA) is 24.9 Å². The number of hydrogen-bond donors (Lipinski definition) is 1. The minimum absolute atomic E-state index is 0.819. The number of benzene rings is 2. The molecule has 21 heavy (non-hydrogen) atoms. The number of pyridine rings is 1. The van der Waals surface area contributed by atoms with E-state index in [9.17, 15) is 0 Å². The molecule has 0 radical (unpaired) electrons. The first-order valence-corrected chi connectivity index (χ1v) is 7.82. The van der Waals surface area contributed by atoms with E-state index in [0.717, 1.165) is 23.1 Å². The van der Waals surface area contributed by atoms with Crippen LogP contribution in [0.2, 0.25) is 0 Å². The van der Waals surface area contributed by atoms with Crippen molar-refractivity contribution in [3.05, 3.63) is 75.9 Å². The largest absolute Gasteiger partial charge is 0.309 e. The van der Waals surface area contributed by atoms with Crippen LogP contribution in [0.3, 0.4) is 0 Å². The zero-order valence-electron chi connectivity index (χ0n) is 11.9. The molecule has 0 amide bonds. The van der Waals surface area contributed by atoms with Gasteiger partial charge in [-0.25, -0.2) is 0 Å². The van der Waals surface area contributed by atoms with Crippen LogP contribution < -0.4 is 5.32 Å². The predicted molar refractivity (Wildman–Crippen MR) is 91.2 cm³/mol. The minimum atomic E-state index is 0.819. The van der Waals surface area contributed by atoms with Gasteiger partial charge in [0.25, 0.3) is 0 Å². The molecule has 0 bridgehead atoms. The molecule has 0 spiro atoms. The van der Waals surface area contributed by atoms with Gasteiger partial charge in [0, 0.05) is 29.1 Å². The van der Waals surface area contributed by atoms with E-state index >= 15 is 0 Å². The Bertz CT molecular complexity index is 763. The van der Waals surface area contributed by atoms with Crippen LogP contribution in [-0.2, 0) is 13.1 Å². The standard InChI is InChI=1S/C18H17BrN2/c1-13-7-8-14(10-17(13)19)11-20-12-16-5-2-4-15-6-3-9-21-18(15)16/h2-10,20H,11-12H2,1H3. The Hall–Kier alpha value is -1.71. The summed E-state index contributed by atoms with van der Waals surface area (Å²) in [6.07, 6.45) is 1.85. The summed E-state index contributed by atoms with van der Waals surface area (Å²) in [4.78, 5) is 4.49. The lowest BCUT2D eigenvalue weighted by molar-refractivity contribution is 0.695. The molecule has 0 fully saturated rings. The number of hydrogen-bond acceptors (Lipinski definition) is 2. The van der Waals surface area contributed by atoms with Crippen LogP contribution in [0.25, 0.3) is 10.9 Å². The Morgan fingerprint density at radius 3 is 2.76 bits per heavy atom. The number of nitrogens with zero attached hydrogens (tertiary/aromatic N) is 1. The fourth-order valence-electron chi connectivity index (χ4n) is 2.40. The van der Waals surface area contributed by atoms with Crippen LogP contribution in [0.15, 0.2) is 59.2 Å². The van der Waals surface area contributed by atoms with Gasteiger partial charge in [0.2, 0.25) is 0 Å². The molecule has 3 aromatic rings. The highest BCUT2D eigenvalue weighted by Gasteiger charge is 2.02. The molecule has 1 aromatic heterocycles. The van der Waals surface area contributed by atoms with E-state index in [1.807, 2.05) is 12.3 Å². The second-order valence-electron chi connectivity index (χ2n) is 5.18. The van der Waals surface area contributed by atoms with E-state index < -0.39 is 0 Å². The van der Waals surface area contributed by atoms with Crippen molar-refractivity contribution in [3.63, 3.8) is 0 Å². The molecule has 3 heteroatoms. The van der Waals surface area contributed by atoms with Crippen LogP contribution in [0, 0.1) is 6.92 Å². The Morgan fingerprint density at radius 1 is 1.05 bits per heavy atom. The maximum Gasteiger partial charge on any atom is 0.0746 e. The van der Waals surface area contributed by atoms with E-state index in [1.165, 1.54) is 22.1 Å². The van der Waals surface area contributed by atoms with Gasteiger partial charge in [0.15, 0.2) is 0 Å². The molecule has 1 N–H and O–H groups in total. The summed E-state index contributed by atoms with van der Waals surface area (Å²) in [5.41, 5.74) is 4.86. The van der Waals surface area contributed by atoms with Gasteiger partial charge in [0.05, 0.1) is 5.52 Å². The molecule has 0 saturated carbocycles. The first-order chi connectivity index (χ1) is 10.2. The molecule has 0 aliphatic carbocycles. The van der Waals surface area contributed by atoms with Crippen molar-refractivity contribution in [1.82, 2.24) is 10.3 Å². The van der Waals surface area contributed by atoms with Crippen LogP contribution in [0.4, 0.5) is 0 Å². The Labute approximate surface area is 133 Å². The highest BCUT2D eigenvalue weighted by Crippen LogP contribution is 2.18. The van der Waals surface area contributed by atoms with Gasteiger partial charge >= 0.3 is 0 Å². The Morgan fingerprint density at radius 2 is 1.90 bits per heavy atom. The quantitative estimate of drug-likeness (QED) is 0.750. The summed E-state index contributed by atoms with van der Waals surface area (Å²) in [7, 11) is 0. The average molecular weight is 341 g/mol. The summed E-state index contributed by atoms with van der Waals surface area (Å²) in [5.74, 6) is 0. The Kier molecular flexibility index (Phi) is 4.32. The van der Waals surface area contributed by atoms with Gasteiger partial charge in [-0.3, -0.25) is 4.98 Å². The molecule has 0 aliphatic heterocycles. The summed E-state index contributed by atoms with van der Waals surface area (Å²) >= 11 is 3.58. The van der Waals surface area contributed by atoms with Crippen LogP contribution in [0.1, 0.15) is 16.7 Å². The molecular weight excluding hydrogens is 324 g/mol. The first kappa shape index (κ1) is 14.2. The van der Waals surface area contributed by atoms with Crippen molar-refractivity contribution in [2.24, 2.45) is 0 Å². The average Bonchev–Trinajstić information content (AvgIpc) is 2.51. The molecule has 2 aromatic carbocycles. The second kappa shape index (κ2) is 6.37. The van der Waals surface area contributed by atoms with Crippen LogP contribution in [-0.4, -0.2) is 4.98 Å². The van der Waals surface area contributed by atoms with Crippen LogP contribution >= 0.6 is 15.9 Å². The van der Waals surface area contributed by atoms with E-state index in [2.05, 4.69) is 75.6 Å². The third-order valence-electron chi connectivity index (χ3n) is 3.60. The molecule has 106 valence electrons.